The van der Waals surface area contributed by atoms with Gasteiger partial charge in [-0.3, -0.25) is 4.57 Å². The summed E-state index contributed by atoms with van der Waals surface area (Å²) in [4.78, 5) is 4.33. The van der Waals surface area contributed by atoms with Gasteiger partial charge in [0.2, 0.25) is 5.95 Å². The van der Waals surface area contributed by atoms with Crippen LogP contribution in [0, 0.1) is 0 Å². The van der Waals surface area contributed by atoms with E-state index in [9.17, 15) is 0 Å². The van der Waals surface area contributed by atoms with Gasteiger partial charge in [-0.2, -0.15) is 0 Å². The molecule has 0 aliphatic rings. The number of hydrogen-bond donors (Lipinski definition) is 1. The molecule has 1 aromatic heterocycles. The molecule has 0 bridgehead atoms. The highest BCUT2D eigenvalue weighted by Crippen LogP contribution is 2.31. The smallest absolute Gasteiger partial charge is 0.205 e. The van der Waals surface area contributed by atoms with Gasteiger partial charge in [-0.25, -0.2) is 4.98 Å². The first-order valence-corrected chi connectivity index (χ1v) is 7.04. The van der Waals surface area contributed by atoms with Crippen molar-refractivity contribution in [1.29, 1.82) is 0 Å². The lowest BCUT2D eigenvalue weighted by molar-refractivity contribution is 0.412. The molecule has 4 nitrogen and oxygen atoms in total. The van der Waals surface area contributed by atoms with Crippen LogP contribution in [0.4, 0.5) is 5.95 Å². The molecule has 0 saturated heterocycles. The Balaban J connectivity index is 2.23. The predicted molar refractivity (Wildman–Crippen MR) is 84.7 cm³/mol. The predicted octanol–water partition coefficient (Wildman–Crippen LogP) is 4.03. The Morgan fingerprint density at radius 1 is 1.25 bits per heavy atom. The number of fused-ring (bicyclic) bond motifs is 1. The Morgan fingerprint density at radius 3 is 2.75 bits per heavy atom. The second-order valence-corrected chi connectivity index (χ2v) is 5.55. The summed E-state index contributed by atoms with van der Waals surface area (Å²) in [5.41, 5.74) is 8.59. The maximum absolute atomic E-state index is 6.02. The highest BCUT2D eigenvalue weighted by Gasteiger charge is 2.11. The molecule has 1 heterocycles. The number of benzene rings is 2. The molecule has 3 aromatic rings. The monoisotopic (exact) mass is 351 g/mol. The van der Waals surface area contributed by atoms with Crippen molar-refractivity contribution < 1.29 is 4.74 Å². The Bertz CT molecular complexity index is 800. The minimum atomic E-state index is 0.416. The third kappa shape index (κ3) is 2.13. The van der Waals surface area contributed by atoms with E-state index in [-0.39, 0.29) is 0 Å². The molecule has 0 spiro atoms. The number of aromatic nitrogens is 2. The SMILES string of the molecule is COc1ccc(-n2c(N)nc3cc(Cl)ccc32)cc1Br. The normalized spacial score (nSPS) is 10.9. The summed E-state index contributed by atoms with van der Waals surface area (Å²) in [6.07, 6.45) is 0. The van der Waals surface area contributed by atoms with Crippen LogP contribution in [0.3, 0.4) is 0 Å². The molecule has 0 aliphatic heterocycles. The summed E-state index contributed by atoms with van der Waals surface area (Å²) in [7, 11) is 1.63. The molecule has 0 aliphatic carbocycles. The van der Waals surface area contributed by atoms with Gasteiger partial charge in [0.15, 0.2) is 0 Å². The summed E-state index contributed by atoms with van der Waals surface area (Å²) < 4.78 is 7.96. The number of hydrogen-bond acceptors (Lipinski definition) is 3. The standard InChI is InChI=1S/C14H11BrClN3O/c1-20-13-5-3-9(7-10(13)15)19-12-4-2-8(16)6-11(12)18-14(19)17/h2-7H,1H3,(H2,17,18). The first-order valence-electron chi connectivity index (χ1n) is 5.87. The van der Waals surface area contributed by atoms with Crippen LogP contribution >= 0.6 is 27.5 Å². The first-order chi connectivity index (χ1) is 9.60. The number of nitrogen functional groups attached to an aromatic ring is 1. The van der Waals surface area contributed by atoms with Crippen LogP contribution < -0.4 is 10.5 Å². The van der Waals surface area contributed by atoms with Crippen molar-refractivity contribution in [1.82, 2.24) is 9.55 Å². The number of imidazole rings is 1. The van der Waals surface area contributed by atoms with Crippen LogP contribution in [0.25, 0.3) is 16.7 Å². The highest BCUT2D eigenvalue weighted by molar-refractivity contribution is 9.10. The van der Waals surface area contributed by atoms with Crippen molar-refractivity contribution in [2.24, 2.45) is 0 Å². The van der Waals surface area contributed by atoms with Crippen molar-refractivity contribution in [2.45, 2.75) is 0 Å². The summed E-state index contributed by atoms with van der Waals surface area (Å²) in [6.45, 7) is 0. The molecule has 20 heavy (non-hydrogen) atoms. The van der Waals surface area contributed by atoms with E-state index in [1.54, 1.807) is 13.2 Å². The average molecular weight is 353 g/mol. The lowest BCUT2D eigenvalue weighted by Gasteiger charge is -2.09. The number of anilines is 1. The van der Waals surface area contributed by atoms with Crippen molar-refractivity contribution >= 4 is 44.5 Å². The molecule has 0 unspecified atom stereocenters. The zero-order chi connectivity index (χ0) is 14.3. The van der Waals surface area contributed by atoms with Gasteiger partial charge >= 0.3 is 0 Å². The van der Waals surface area contributed by atoms with Crippen LogP contribution in [0.15, 0.2) is 40.9 Å². The Hall–Kier alpha value is -1.72. The lowest BCUT2D eigenvalue weighted by atomic mass is 10.2. The fraction of sp³-hybridized carbons (Fsp3) is 0.0714. The fourth-order valence-corrected chi connectivity index (χ4v) is 2.83. The second-order valence-electron chi connectivity index (χ2n) is 4.26. The number of halogens is 2. The van der Waals surface area contributed by atoms with E-state index < -0.39 is 0 Å². The third-order valence-corrected chi connectivity index (χ3v) is 3.89. The molecule has 0 atom stereocenters. The molecule has 0 radical (unpaired) electrons. The van der Waals surface area contributed by atoms with E-state index in [1.165, 1.54) is 0 Å². The molecule has 102 valence electrons. The molecule has 0 saturated carbocycles. The molecule has 6 heteroatoms. The van der Waals surface area contributed by atoms with Crippen molar-refractivity contribution in [3.63, 3.8) is 0 Å². The summed E-state index contributed by atoms with van der Waals surface area (Å²) >= 11 is 9.45. The van der Waals surface area contributed by atoms with Gasteiger partial charge in [-0.15, -0.1) is 0 Å². The van der Waals surface area contributed by atoms with Crippen LogP contribution in [0.1, 0.15) is 0 Å². The van der Waals surface area contributed by atoms with Gasteiger partial charge in [-0.1, -0.05) is 11.6 Å². The van der Waals surface area contributed by atoms with Crippen LogP contribution in [0.2, 0.25) is 5.02 Å². The summed E-state index contributed by atoms with van der Waals surface area (Å²) in [5, 5.41) is 0.637. The maximum Gasteiger partial charge on any atom is 0.205 e. The Kier molecular flexibility index (Phi) is 3.31. The van der Waals surface area contributed by atoms with Crippen molar-refractivity contribution in [3.8, 4) is 11.4 Å². The number of nitrogens with zero attached hydrogens (tertiary/aromatic N) is 2. The van der Waals surface area contributed by atoms with Crippen molar-refractivity contribution in [3.05, 3.63) is 45.9 Å². The van der Waals surface area contributed by atoms with Crippen LogP contribution in [-0.4, -0.2) is 16.7 Å². The molecule has 0 fully saturated rings. The molecule has 2 aromatic carbocycles. The third-order valence-electron chi connectivity index (χ3n) is 3.04. The lowest BCUT2D eigenvalue weighted by Crippen LogP contribution is -2.00. The number of methoxy groups -OCH3 is 1. The maximum atomic E-state index is 6.02. The minimum Gasteiger partial charge on any atom is -0.496 e. The van der Waals surface area contributed by atoms with E-state index in [0.29, 0.717) is 11.0 Å². The van der Waals surface area contributed by atoms with E-state index >= 15 is 0 Å². The van der Waals surface area contributed by atoms with E-state index in [1.807, 2.05) is 34.9 Å². The number of rotatable bonds is 2. The first kappa shape index (κ1) is 13.3. The van der Waals surface area contributed by atoms with Crippen LogP contribution in [0.5, 0.6) is 5.75 Å². The summed E-state index contributed by atoms with van der Waals surface area (Å²) in [6, 6.07) is 11.3. The topological polar surface area (TPSA) is 53.1 Å². The fourth-order valence-electron chi connectivity index (χ4n) is 2.14. The molecule has 3 rings (SSSR count). The van der Waals surface area contributed by atoms with E-state index in [2.05, 4.69) is 20.9 Å². The van der Waals surface area contributed by atoms with Crippen LogP contribution in [-0.2, 0) is 0 Å². The van der Waals surface area contributed by atoms with Gasteiger partial charge in [0, 0.05) is 5.02 Å². The number of nitrogens with two attached hydrogens (primary N) is 1. The van der Waals surface area contributed by atoms with Gasteiger partial charge in [0.05, 0.1) is 28.3 Å². The molecular weight excluding hydrogens is 342 g/mol. The Morgan fingerprint density at radius 2 is 2.05 bits per heavy atom. The molecular formula is C14H11BrClN3O. The van der Waals surface area contributed by atoms with Gasteiger partial charge in [-0.05, 0) is 52.3 Å². The second kappa shape index (κ2) is 5.00. The molecule has 0 amide bonds. The highest BCUT2D eigenvalue weighted by atomic mass is 79.9. The summed E-state index contributed by atoms with van der Waals surface area (Å²) in [5.74, 6) is 1.18. The Labute approximate surface area is 129 Å². The number of ether oxygens (including phenoxy) is 1. The largest absolute Gasteiger partial charge is 0.496 e. The minimum absolute atomic E-state index is 0.416. The zero-order valence-electron chi connectivity index (χ0n) is 10.6. The van der Waals surface area contributed by atoms with Gasteiger partial charge in [0.25, 0.3) is 0 Å². The zero-order valence-corrected chi connectivity index (χ0v) is 12.9. The van der Waals surface area contributed by atoms with Gasteiger partial charge in [0.1, 0.15) is 5.75 Å². The molecule has 2 N–H and O–H groups in total. The van der Waals surface area contributed by atoms with Crippen molar-refractivity contribution in [2.75, 3.05) is 12.8 Å². The van der Waals surface area contributed by atoms with E-state index in [4.69, 9.17) is 22.1 Å². The van der Waals surface area contributed by atoms with Gasteiger partial charge < -0.3 is 10.5 Å². The average Bonchev–Trinajstić information content (AvgIpc) is 2.73. The quantitative estimate of drug-likeness (QED) is 0.757. The van der Waals surface area contributed by atoms with E-state index in [0.717, 1.165) is 26.9 Å².